The van der Waals surface area contributed by atoms with Crippen LogP contribution in [0.2, 0.25) is 0 Å². The number of oxazole rings is 1. The number of aliphatic carboxylic acids is 1. The Bertz CT molecular complexity index is 593. The number of carbonyl (C=O) groups is 2. The van der Waals surface area contributed by atoms with Gasteiger partial charge in [-0.05, 0) is 18.6 Å². The van der Waals surface area contributed by atoms with E-state index in [0.29, 0.717) is 17.9 Å². The molecule has 1 aromatic carbocycles. The van der Waals surface area contributed by atoms with E-state index in [1.165, 1.54) is 6.39 Å². The summed E-state index contributed by atoms with van der Waals surface area (Å²) >= 11 is 0. The van der Waals surface area contributed by atoms with Gasteiger partial charge in [0.2, 0.25) is 5.91 Å². The van der Waals surface area contributed by atoms with Crippen molar-refractivity contribution in [2.24, 2.45) is 0 Å². The maximum absolute atomic E-state index is 11.7. The van der Waals surface area contributed by atoms with Crippen LogP contribution >= 0.6 is 0 Å². The molecule has 0 fully saturated rings. The molecule has 1 amide bonds. The third-order valence-corrected chi connectivity index (χ3v) is 2.66. The number of hydrogen-bond donors (Lipinski definition) is 2. The molecule has 0 saturated carbocycles. The van der Waals surface area contributed by atoms with Crippen LogP contribution < -0.4 is 5.32 Å². The van der Waals surface area contributed by atoms with Crippen LogP contribution in [-0.4, -0.2) is 22.0 Å². The van der Waals surface area contributed by atoms with E-state index in [1.807, 2.05) is 6.07 Å². The number of benzene rings is 1. The summed E-state index contributed by atoms with van der Waals surface area (Å²) in [5.74, 6) is -0.488. The number of amides is 1. The van der Waals surface area contributed by atoms with Crippen LogP contribution in [0.15, 0.2) is 41.3 Å². The van der Waals surface area contributed by atoms with E-state index in [9.17, 15) is 9.59 Å². The van der Waals surface area contributed by atoms with Gasteiger partial charge >= 0.3 is 5.97 Å². The number of carbonyl (C=O) groups excluding carboxylic acids is 1. The Labute approximate surface area is 115 Å². The predicted molar refractivity (Wildman–Crippen MR) is 72.1 cm³/mol. The van der Waals surface area contributed by atoms with Gasteiger partial charge in [-0.25, -0.2) is 4.98 Å². The fraction of sp³-hybridized carbons (Fsp3) is 0.214. The summed E-state index contributed by atoms with van der Waals surface area (Å²) in [7, 11) is 0. The minimum Gasteiger partial charge on any atom is -0.481 e. The lowest BCUT2D eigenvalue weighted by atomic mass is 10.1. The molecular formula is C14H14N2O4. The molecule has 1 aromatic heterocycles. The Morgan fingerprint density at radius 2 is 2.15 bits per heavy atom. The van der Waals surface area contributed by atoms with Gasteiger partial charge in [-0.2, -0.15) is 0 Å². The van der Waals surface area contributed by atoms with E-state index in [2.05, 4.69) is 10.3 Å². The Kier molecular flexibility index (Phi) is 4.49. The van der Waals surface area contributed by atoms with Crippen LogP contribution in [0.4, 0.5) is 5.69 Å². The van der Waals surface area contributed by atoms with Crippen molar-refractivity contribution in [1.82, 2.24) is 4.98 Å². The summed E-state index contributed by atoms with van der Waals surface area (Å²) < 4.78 is 5.18. The smallest absolute Gasteiger partial charge is 0.303 e. The number of nitrogens with zero attached hydrogens (tertiary/aromatic N) is 1. The third-order valence-electron chi connectivity index (χ3n) is 2.66. The molecule has 0 radical (unpaired) electrons. The number of carboxylic acid groups (broad SMARTS) is 1. The Hall–Kier alpha value is -2.63. The van der Waals surface area contributed by atoms with Crippen molar-refractivity contribution in [3.8, 4) is 11.3 Å². The van der Waals surface area contributed by atoms with E-state index in [-0.39, 0.29) is 18.7 Å². The minimum absolute atomic E-state index is 0.00841. The van der Waals surface area contributed by atoms with Crippen molar-refractivity contribution in [3.63, 3.8) is 0 Å². The monoisotopic (exact) mass is 274 g/mol. The highest BCUT2D eigenvalue weighted by atomic mass is 16.4. The standard InChI is InChI=1S/C14H14N2O4/c17-13(5-2-6-14(18)19)16-11-4-1-3-10(7-11)12-8-15-9-20-12/h1,3-4,7-9H,2,5-6H2,(H,16,17)(H,18,19). The molecule has 104 valence electrons. The largest absolute Gasteiger partial charge is 0.481 e. The lowest BCUT2D eigenvalue weighted by Crippen LogP contribution is -2.11. The second-order valence-corrected chi connectivity index (χ2v) is 4.24. The van der Waals surface area contributed by atoms with Crippen LogP contribution in [0.25, 0.3) is 11.3 Å². The zero-order chi connectivity index (χ0) is 14.4. The van der Waals surface area contributed by atoms with Crippen LogP contribution in [0, 0.1) is 0 Å². The number of anilines is 1. The van der Waals surface area contributed by atoms with Crippen LogP contribution in [-0.2, 0) is 9.59 Å². The minimum atomic E-state index is -0.898. The van der Waals surface area contributed by atoms with Gasteiger partial charge in [0.15, 0.2) is 12.2 Å². The summed E-state index contributed by atoms with van der Waals surface area (Å²) in [4.78, 5) is 25.9. The van der Waals surface area contributed by atoms with Crippen molar-refractivity contribution < 1.29 is 19.1 Å². The maximum atomic E-state index is 11.7. The Balaban J connectivity index is 1.94. The van der Waals surface area contributed by atoms with Crippen LogP contribution in [0.3, 0.4) is 0 Å². The number of carboxylic acids is 1. The number of rotatable bonds is 6. The third kappa shape index (κ3) is 3.94. The van der Waals surface area contributed by atoms with Crippen molar-refractivity contribution in [2.45, 2.75) is 19.3 Å². The zero-order valence-corrected chi connectivity index (χ0v) is 10.7. The fourth-order valence-electron chi connectivity index (χ4n) is 1.73. The topological polar surface area (TPSA) is 92.4 Å². The predicted octanol–water partition coefficient (Wildman–Crippen LogP) is 2.54. The molecular weight excluding hydrogens is 260 g/mol. The molecule has 6 heteroatoms. The van der Waals surface area contributed by atoms with Crippen LogP contribution in [0.1, 0.15) is 19.3 Å². The maximum Gasteiger partial charge on any atom is 0.303 e. The molecule has 1 heterocycles. The first-order chi connectivity index (χ1) is 9.65. The number of nitrogens with one attached hydrogen (secondary N) is 1. The van der Waals surface area contributed by atoms with Crippen molar-refractivity contribution in [1.29, 1.82) is 0 Å². The molecule has 0 spiro atoms. The average molecular weight is 274 g/mol. The highest BCUT2D eigenvalue weighted by Crippen LogP contribution is 2.22. The zero-order valence-electron chi connectivity index (χ0n) is 10.7. The lowest BCUT2D eigenvalue weighted by Gasteiger charge is -2.06. The van der Waals surface area contributed by atoms with Gasteiger partial charge in [0.25, 0.3) is 0 Å². The lowest BCUT2D eigenvalue weighted by molar-refractivity contribution is -0.137. The molecule has 0 aliphatic carbocycles. The van der Waals surface area contributed by atoms with Crippen molar-refractivity contribution in [2.75, 3.05) is 5.32 Å². The van der Waals surface area contributed by atoms with E-state index in [4.69, 9.17) is 9.52 Å². The van der Waals surface area contributed by atoms with Gasteiger partial charge < -0.3 is 14.8 Å². The molecule has 2 rings (SSSR count). The Morgan fingerprint density at radius 3 is 2.85 bits per heavy atom. The van der Waals surface area contributed by atoms with E-state index in [0.717, 1.165) is 5.56 Å². The molecule has 0 aliphatic rings. The molecule has 20 heavy (non-hydrogen) atoms. The van der Waals surface area contributed by atoms with Gasteiger partial charge in [-0.3, -0.25) is 9.59 Å². The summed E-state index contributed by atoms with van der Waals surface area (Å²) in [6.07, 6.45) is 3.42. The van der Waals surface area contributed by atoms with E-state index < -0.39 is 5.97 Å². The summed E-state index contributed by atoms with van der Waals surface area (Å²) in [5.41, 5.74) is 1.45. The molecule has 0 bridgehead atoms. The quantitative estimate of drug-likeness (QED) is 0.844. The van der Waals surface area contributed by atoms with E-state index in [1.54, 1.807) is 24.4 Å². The highest BCUT2D eigenvalue weighted by molar-refractivity contribution is 5.91. The number of aromatic nitrogens is 1. The summed E-state index contributed by atoms with van der Waals surface area (Å²) in [5, 5.41) is 11.2. The van der Waals surface area contributed by atoms with Crippen molar-refractivity contribution >= 4 is 17.6 Å². The SMILES string of the molecule is O=C(O)CCCC(=O)Nc1cccc(-c2cnco2)c1. The highest BCUT2D eigenvalue weighted by Gasteiger charge is 2.06. The molecule has 6 nitrogen and oxygen atoms in total. The fourth-order valence-corrected chi connectivity index (χ4v) is 1.73. The molecule has 2 N–H and O–H groups in total. The first-order valence-corrected chi connectivity index (χ1v) is 6.16. The average Bonchev–Trinajstić information content (AvgIpc) is 2.92. The van der Waals surface area contributed by atoms with Gasteiger partial charge in [0.1, 0.15) is 0 Å². The molecule has 2 aromatic rings. The molecule has 0 unspecified atom stereocenters. The molecule has 0 atom stereocenters. The first kappa shape index (κ1) is 13.8. The molecule has 0 aliphatic heterocycles. The summed E-state index contributed by atoms with van der Waals surface area (Å²) in [6.45, 7) is 0. The van der Waals surface area contributed by atoms with E-state index >= 15 is 0 Å². The van der Waals surface area contributed by atoms with Gasteiger partial charge in [0, 0.05) is 24.1 Å². The normalized spacial score (nSPS) is 10.2. The van der Waals surface area contributed by atoms with Crippen molar-refractivity contribution in [3.05, 3.63) is 36.9 Å². The number of hydrogen-bond acceptors (Lipinski definition) is 4. The Morgan fingerprint density at radius 1 is 1.30 bits per heavy atom. The second-order valence-electron chi connectivity index (χ2n) is 4.24. The van der Waals surface area contributed by atoms with Crippen LogP contribution in [0.5, 0.6) is 0 Å². The van der Waals surface area contributed by atoms with Gasteiger partial charge in [-0.15, -0.1) is 0 Å². The first-order valence-electron chi connectivity index (χ1n) is 6.16. The summed E-state index contributed by atoms with van der Waals surface area (Å²) in [6, 6.07) is 7.18. The molecule has 0 saturated heterocycles. The van der Waals surface area contributed by atoms with Gasteiger partial charge in [-0.1, -0.05) is 12.1 Å². The second kappa shape index (κ2) is 6.51. The van der Waals surface area contributed by atoms with Gasteiger partial charge in [0.05, 0.1) is 6.20 Å².